The van der Waals surface area contributed by atoms with E-state index in [4.69, 9.17) is 4.74 Å². The van der Waals surface area contributed by atoms with Crippen LogP contribution < -0.4 is 4.74 Å². The molecule has 0 unspecified atom stereocenters. The van der Waals surface area contributed by atoms with Gasteiger partial charge in [0.2, 0.25) is 0 Å². The molecule has 4 rings (SSSR count). The van der Waals surface area contributed by atoms with Gasteiger partial charge in [-0.2, -0.15) is 5.10 Å². The minimum atomic E-state index is -0.297. The van der Waals surface area contributed by atoms with Gasteiger partial charge in [0.05, 0.1) is 17.5 Å². The molecule has 1 aliphatic rings. The zero-order valence-electron chi connectivity index (χ0n) is 14.3. The quantitative estimate of drug-likeness (QED) is 0.711. The molecule has 0 aliphatic carbocycles. The van der Waals surface area contributed by atoms with Crippen LogP contribution in [-0.4, -0.2) is 15.6 Å². The fourth-order valence-corrected chi connectivity index (χ4v) is 3.13. The molecule has 26 heavy (non-hydrogen) atoms. The summed E-state index contributed by atoms with van der Waals surface area (Å²) in [5.74, 6) is 0.862. The van der Waals surface area contributed by atoms with Crippen LogP contribution in [-0.2, 0) is 17.8 Å². The summed E-state index contributed by atoms with van der Waals surface area (Å²) in [7, 11) is 0. The maximum absolute atomic E-state index is 13.7. The predicted molar refractivity (Wildman–Crippen MR) is 97.2 cm³/mol. The molecule has 0 saturated carbocycles. The number of benzene rings is 2. The normalized spacial score (nSPS) is 12.3. The summed E-state index contributed by atoms with van der Waals surface area (Å²) in [6.45, 7) is 5.73. The Balaban J connectivity index is 1.61. The Morgan fingerprint density at radius 3 is 2.85 bits per heavy atom. The summed E-state index contributed by atoms with van der Waals surface area (Å²) in [5, 5.41) is 4.34. The third-order valence-electron chi connectivity index (χ3n) is 4.48. The first-order chi connectivity index (χ1) is 12.5. The second kappa shape index (κ2) is 6.26. The predicted octanol–water partition coefficient (Wildman–Crippen LogP) is 4.17. The Morgan fingerprint density at radius 1 is 1.23 bits per heavy atom. The van der Waals surface area contributed by atoms with Crippen LogP contribution in [0.2, 0.25) is 0 Å². The number of fused-ring (bicyclic) bond motifs is 3. The lowest BCUT2D eigenvalue weighted by atomic mass is 10.0. The lowest BCUT2D eigenvalue weighted by molar-refractivity contribution is -0.119. The van der Waals surface area contributed by atoms with E-state index in [1.807, 2.05) is 24.3 Å². The highest BCUT2D eigenvalue weighted by Crippen LogP contribution is 2.41. The van der Waals surface area contributed by atoms with Crippen LogP contribution in [0.15, 0.2) is 55.2 Å². The summed E-state index contributed by atoms with van der Waals surface area (Å²) in [6, 6.07) is 12.5. The number of carbonyl (C=O) groups is 1. The average molecular weight is 348 g/mol. The van der Waals surface area contributed by atoms with Gasteiger partial charge in [-0.15, -0.1) is 0 Å². The highest BCUT2D eigenvalue weighted by molar-refractivity contribution is 5.86. The maximum Gasteiger partial charge on any atom is 0.158 e. The molecule has 1 aliphatic heterocycles. The highest BCUT2D eigenvalue weighted by Gasteiger charge is 2.25. The first-order valence-electron chi connectivity index (χ1n) is 8.32. The van der Waals surface area contributed by atoms with Gasteiger partial charge in [0.15, 0.2) is 5.78 Å². The molecule has 2 aromatic carbocycles. The Morgan fingerprint density at radius 2 is 2.04 bits per heavy atom. The van der Waals surface area contributed by atoms with E-state index in [9.17, 15) is 9.18 Å². The fraction of sp³-hybridized carbons (Fsp3) is 0.143. The largest absolute Gasteiger partial charge is 0.457 e. The van der Waals surface area contributed by atoms with Crippen molar-refractivity contribution < 1.29 is 13.9 Å². The summed E-state index contributed by atoms with van der Waals surface area (Å²) in [5.41, 5.74) is 3.70. The van der Waals surface area contributed by atoms with Crippen LogP contribution in [0.3, 0.4) is 0 Å². The molecule has 0 bridgehead atoms. The van der Waals surface area contributed by atoms with Crippen LogP contribution in [0.25, 0.3) is 17.0 Å². The number of aryl methyl sites for hydroxylation is 1. The standard InChI is InChI=1S/C21H17FN2O2/c1-13-7-8-15(10-19(13)22)9-16(25)12-24-21-17-5-3-4-6-20(17)26-14(2)18(21)11-23-24/h3-8,10-11H,2,9,12H2,1H3. The number of hydrogen-bond acceptors (Lipinski definition) is 3. The van der Waals surface area contributed by atoms with Gasteiger partial charge in [0, 0.05) is 12.0 Å². The third kappa shape index (κ3) is 2.81. The van der Waals surface area contributed by atoms with E-state index in [1.165, 1.54) is 6.07 Å². The van der Waals surface area contributed by atoms with Gasteiger partial charge in [-0.25, -0.2) is 4.39 Å². The Hall–Kier alpha value is -3.21. The van der Waals surface area contributed by atoms with E-state index in [0.717, 1.165) is 16.8 Å². The smallest absolute Gasteiger partial charge is 0.158 e. The Labute approximate surface area is 150 Å². The number of carbonyl (C=O) groups excluding carboxylic acids is 1. The van der Waals surface area contributed by atoms with Crippen molar-refractivity contribution in [2.24, 2.45) is 0 Å². The van der Waals surface area contributed by atoms with E-state index in [2.05, 4.69) is 11.7 Å². The van der Waals surface area contributed by atoms with Gasteiger partial charge in [0.25, 0.3) is 0 Å². The number of rotatable bonds is 4. The van der Waals surface area contributed by atoms with Crippen LogP contribution in [0, 0.1) is 12.7 Å². The lowest BCUT2D eigenvalue weighted by Gasteiger charge is -2.20. The summed E-state index contributed by atoms with van der Waals surface area (Å²) in [4.78, 5) is 12.5. The summed E-state index contributed by atoms with van der Waals surface area (Å²) in [6.07, 6.45) is 1.82. The molecule has 1 aromatic heterocycles. The summed E-state index contributed by atoms with van der Waals surface area (Å²) < 4.78 is 21.1. The molecular weight excluding hydrogens is 331 g/mol. The van der Waals surface area contributed by atoms with E-state index in [-0.39, 0.29) is 24.6 Å². The minimum Gasteiger partial charge on any atom is -0.457 e. The molecule has 5 heteroatoms. The van der Waals surface area contributed by atoms with Crippen LogP contribution in [0.1, 0.15) is 16.7 Å². The van der Waals surface area contributed by atoms with Crippen LogP contribution >= 0.6 is 0 Å². The molecule has 130 valence electrons. The molecule has 2 heterocycles. The van der Waals surface area contributed by atoms with Crippen molar-refractivity contribution in [3.05, 3.63) is 77.7 Å². The zero-order valence-corrected chi connectivity index (χ0v) is 14.3. The number of halogens is 1. The molecule has 3 aromatic rings. The van der Waals surface area contributed by atoms with Crippen molar-refractivity contribution in [1.82, 2.24) is 9.78 Å². The molecule has 0 N–H and O–H groups in total. The lowest BCUT2D eigenvalue weighted by Crippen LogP contribution is -2.16. The van der Waals surface area contributed by atoms with Crippen molar-refractivity contribution in [1.29, 1.82) is 0 Å². The Kier molecular flexibility index (Phi) is 3.92. The van der Waals surface area contributed by atoms with E-state index in [0.29, 0.717) is 22.6 Å². The second-order valence-corrected chi connectivity index (χ2v) is 6.38. The SMILES string of the molecule is C=C1Oc2ccccc2-c2c1cnn2CC(=O)Cc1ccc(C)c(F)c1. The van der Waals surface area contributed by atoms with E-state index < -0.39 is 0 Å². The van der Waals surface area contributed by atoms with Crippen molar-refractivity contribution in [3.63, 3.8) is 0 Å². The molecule has 0 fully saturated rings. The number of hydrogen-bond donors (Lipinski definition) is 0. The first kappa shape index (κ1) is 16.3. The molecule has 4 nitrogen and oxygen atoms in total. The third-order valence-corrected chi connectivity index (χ3v) is 4.48. The van der Waals surface area contributed by atoms with Crippen LogP contribution in [0.5, 0.6) is 5.75 Å². The van der Waals surface area contributed by atoms with Crippen molar-refractivity contribution in [2.75, 3.05) is 0 Å². The number of Topliss-reactive ketones (excluding diaryl/α,β-unsaturated/α-hetero) is 1. The summed E-state index contributed by atoms with van der Waals surface area (Å²) >= 11 is 0. The second-order valence-electron chi connectivity index (χ2n) is 6.38. The van der Waals surface area contributed by atoms with Crippen molar-refractivity contribution in [3.8, 4) is 17.0 Å². The number of para-hydroxylation sites is 1. The number of nitrogens with zero attached hydrogens (tertiary/aromatic N) is 2. The zero-order chi connectivity index (χ0) is 18.3. The highest BCUT2D eigenvalue weighted by atomic mass is 19.1. The van der Waals surface area contributed by atoms with Gasteiger partial charge in [-0.05, 0) is 36.2 Å². The Bertz CT molecular complexity index is 1040. The van der Waals surface area contributed by atoms with Gasteiger partial charge >= 0.3 is 0 Å². The van der Waals surface area contributed by atoms with Crippen molar-refractivity contribution in [2.45, 2.75) is 19.9 Å². The van der Waals surface area contributed by atoms with Crippen LogP contribution in [0.4, 0.5) is 4.39 Å². The van der Waals surface area contributed by atoms with Gasteiger partial charge < -0.3 is 4.74 Å². The van der Waals surface area contributed by atoms with E-state index >= 15 is 0 Å². The first-order valence-corrected chi connectivity index (χ1v) is 8.32. The molecule has 0 saturated heterocycles. The number of ketones is 1. The molecular formula is C21H17FN2O2. The molecule has 0 spiro atoms. The van der Waals surface area contributed by atoms with Crippen molar-refractivity contribution >= 4 is 11.5 Å². The molecule has 0 atom stereocenters. The fourth-order valence-electron chi connectivity index (χ4n) is 3.13. The van der Waals surface area contributed by atoms with Gasteiger partial charge in [-0.1, -0.05) is 30.8 Å². The molecule has 0 radical (unpaired) electrons. The number of aromatic nitrogens is 2. The molecule has 0 amide bonds. The maximum atomic E-state index is 13.7. The van der Waals surface area contributed by atoms with E-state index in [1.54, 1.807) is 29.9 Å². The minimum absolute atomic E-state index is 0.0475. The number of ether oxygens (including phenoxy) is 1. The topological polar surface area (TPSA) is 44.1 Å². The average Bonchev–Trinajstić information content (AvgIpc) is 3.03. The van der Waals surface area contributed by atoms with Gasteiger partial charge in [0.1, 0.15) is 23.9 Å². The van der Waals surface area contributed by atoms with Gasteiger partial charge in [-0.3, -0.25) is 9.48 Å². The monoisotopic (exact) mass is 348 g/mol.